The van der Waals surface area contributed by atoms with Crippen molar-refractivity contribution in [3.8, 4) is 5.75 Å². The van der Waals surface area contributed by atoms with Gasteiger partial charge in [-0.3, -0.25) is 9.59 Å². The molecule has 0 aliphatic carbocycles. The third kappa shape index (κ3) is 6.18. The molecule has 7 heteroatoms. The molecule has 1 atom stereocenters. The molecule has 7 nitrogen and oxygen atoms in total. The van der Waals surface area contributed by atoms with E-state index in [1.165, 1.54) is 12.5 Å². The molecule has 3 aromatic rings. The Morgan fingerprint density at radius 2 is 1.71 bits per heavy atom. The number of aryl methyl sites for hydroxylation is 1. The lowest BCUT2D eigenvalue weighted by atomic mass is 10.0. The number of nitrogens with one attached hydrogen (secondary N) is 2. The number of ether oxygens (including phenoxy) is 1. The first kappa shape index (κ1) is 22.1. The molecular formula is C24H28N4O3. The molecule has 1 aromatic heterocycles. The average Bonchev–Trinajstić information content (AvgIpc) is 3.19. The largest absolute Gasteiger partial charge is 0.497 e. The smallest absolute Gasteiger partial charge is 0.227 e. The highest BCUT2D eigenvalue weighted by Gasteiger charge is 2.18. The predicted molar refractivity (Wildman–Crippen MR) is 120 cm³/mol. The number of hydrogen-bond acceptors (Lipinski definition) is 4. The fraction of sp³-hybridized carbons (Fsp3) is 0.292. The fourth-order valence-corrected chi connectivity index (χ4v) is 3.33. The molecule has 1 unspecified atom stereocenters. The van der Waals surface area contributed by atoms with Gasteiger partial charge in [0.25, 0.3) is 0 Å². The molecule has 0 saturated carbocycles. The van der Waals surface area contributed by atoms with Crippen LogP contribution in [-0.2, 0) is 22.6 Å². The van der Waals surface area contributed by atoms with E-state index >= 15 is 0 Å². The zero-order chi connectivity index (χ0) is 22.2. The summed E-state index contributed by atoms with van der Waals surface area (Å²) in [6, 6.07) is 17.0. The molecule has 0 fully saturated rings. The quantitative estimate of drug-likeness (QED) is 0.553. The Morgan fingerprint density at radius 3 is 2.32 bits per heavy atom. The van der Waals surface area contributed by atoms with Gasteiger partial charge >= 0.3 is 0 Å². The van der Waals surface area contributed by atoms with Gasteiger partial charge in [-0.2, -0.15) is 5.10 Å². The summed E-state index contributed by atoms with van der Waals surface area (Å²) in [6.07, 6.45) is 2.75. The number of carbonyl (C=O) groups excluding carboxylic acids is 2. The maximum absolute atomic E-state index is 12.8. The Bertz CT molecular complexity index is 1010. The highest BCUT2D eigenvalue weighted by Crippen LogP contribution is 2.21. The van der Waals surface area contributed by atoms with E-state index in [2.05, 4.69) is 46.9 Å². The van der Waals surface area contributed by atoms with Gasteiger partial charge in [0.1, 0.15) is 11.6 Å². The van der Waals surface area contributed by atoms with E-state index in [-0.39, 0.29) is 18.2 Å². The molecule has 0 saturated heterocycles. The summed E-state index contributed by atoms with van der Waals surface area (Å²) < 4.78 is 6.93. The average molecular weight is 421 g/mol. The Morgan fingerprint density at radius 1 is 1.03 bits per heavy atom. The molecule has 1 heterocycles. The first-order chi connectivity index (χ1) is 15.0. The van der Waals surface area contributed by atoms with Crippen LogP contribution in [0.2, 0.25) is 0 Å². The van der Waals surface area contributed by atoms with E-state index in [0.29, 0.717) is 18.1 Å². The van der Waals surface area contributed by atoms with Crippen LogP contribution in [0.15, 0.2) is 60.8 Å². The number of hydrogen-bond donors (Lipinski definition) is 2. The van der Waals surface area contributed by atoms with E-state index in [0.717, 1.165) is 17.5 Å². The summed E-state index contributed by atoms with van der Waals surface area (Å²) in [5.41, 5.74) is 3.21. The minimum atomic E-state index is -0.443. The lowest BCUT2D eigenvalue weighted by molar-refractivity contribution is -0.120. The van der Waals surface area contributed by atoms with Crippen molar-refractivity contribution >= 4 is 17.6 Å². The minimum absolute atomic E-state index is 0.0995. The number of nitrogens with zero attached hydrogens (tertiary/aromatic N) is 2. The van der Waals surface area contributed by atoms with Crippen molar-refractivity contribution in [3.63, 3.8) is 0 Å². The topological polar surface area (TPSA) is 85.3 Å². The summed E-state index contributed by atoms with van der Waals surface area (Å²) in [4.78, 5) is 24.4. The monoisotopic (exact) mass is 420 g/mol. The van der Waals surface area contributed by atoms with Crippen LogP contribution in [0.25, 0.3) is 0 Å². The van der Waals surface area contributed by atoms with Crippen molar-refractivity contribution in [1.29, 1.82) is 0 Å². The number of amides is 2. The SMILES string of the molecule is CCc1ccc(Cn2nccc2NC(=O)CC(NC(C)=O)c2ccc(OC)cc2)cc1. The summed E-state index contributed by atoms with van der Waals surface area (Å²) in [7, 11) is 1.59. The van der Waals surface area contributed by atoms with Gasteiger partial charge in [-0.25, -0.2) is 4.68 Å². The maximum Gasteiger partial charge on any atom is 0.227 e. The van der Waals surface area contributed by atoms with Gasteiger partial charge < -0.3 is 15.4 Å². The summed E-state index contributed by atoms with van der Waals surface area (Å²) >= 11 is 0. The van der Waals surface area contributed by atoms with E-state index in [1.54, 1.807) is 36.2 Å². The van der Waals surface area contributed by atoms with Gasteiger partial charge in [0.05, 0.1) is 32.3 Å². The van der Waals surface area contributed by atoms with Crippen LogP contribution in [0.5, 0.6) is 5.75 Å². The molecule has 0 radical (unpaired) electrons. The normalized spacial score (nSPS) is 11.6. The van der Waals surface area contributed by atoms with Crippen LogP contribution < -0.4 is 15.4 Å². The van der Waals surface area contributed by atoms with E-state index in [9.17, 15) is 9.59 Å². The lowest BCUT2D eigenvalue weighted by Crippen LogP contribution is -2.30. The molecule has 162 valence electrons. The lowest BCUT2D eigenvalue weighted by Gasteiger charge is -2.18. The van der Waals surface area contributed by atoms with E-state index < -0.39 is 6.04 Å². The highest BCUT2D eigenvalue weighted by molar-refractivity contribution is 5.90. The summed E-state index contributed by atoms with van der Waals surface area (Å²) in [5, 5.41) is 10.1. The molecule has 2 aromatic carbocycles. The van der Waals surface area contributed by atoms with Gasteiger partial charge in [-0.05, 0) is 35.2 Å². The second kappa shape index (κ2) is 10.4. The summed E-state index contributed by atoms with van der Waals surface area (Å²) in [5.74, 6) is 0.915. The van der Waals surface area contributed by atoms with Crippen molar-refractivity contribution in [3.05, 3.63) is 77.5 Å². The molecule has 2 amide bonds. The molecular weight excluding hydrogens is 392 g/mol. The van der Waals surface area contributed by atoms with E-state index in [1.807, 2.05) is 12.1 Å². The maximum atomic E-state index is 12.8. The first-order valence-electron chi connectivity index (χ1n) is 10.3. The molecule has 3 rings (SSSR count). The molecule has 0 aliphatic heterocycles. The molecule has 0 spiro atoms. The van der Waals surface area contributed by atoms with Crippen molar-refractivity contribution < 1.29 is 14.3 Å². The fourth-order valence-electron chi connectivity index (χ4n) is 3.33. The van der Waals surface area contributed by atoms with Crippen LogP contribution in [0.4, 0.5) is 5.82 Å². The number of methoxy groups -OCH3 is 1. The predicted octanol–water partition coefficient (Wildman–Crippen LogP) is 3.71. The number of rotatable bonds is 9. The van der Waals surface area contributed by atoms with Crippen molar-refractivity contribution in [2.75, 3.05) is 12.4 Å². The standard InChI is InChI=1S/C24H28N4O3/c1-4-18-5-7-19(8-6-18)16-28-23(13-14-25-28)27-24(30)15-22(26-17(2)29)20-9-11-21(31-3)12-10-20/h5-14,22H,4,15-16H2,1-3H3,(H,26,29)(H,27,30). The van der Waals surface area contributed by atoms with Crippen LogP contribution in [0, 0.1) is 0 Å². The Hall–Kier alpha value is -3.61. The minimum Gasteiger partial charge on any atom is -0.497 e. The Labute approximate surface area is 182 Å². The number of carbonyl (C=O) groups is 2. The molecule has 0 bridgehead atoms. The summed E-state index contributed by atoms with van der Waals surface area (Å²) in [6.45, 7) is 4.11. The van der Waals surface area contributed by atoms with Gasteiger partial charge in [0.15, 0.2) is 0 Å². The third-order valence-electron chi connectivity index (χ3n) is 5.03. The molecule has 31 heavy (non-hydrogen) atoms. The van der Waals surface area contributed by atoms with Crippen LogP contribution in [0.1, 0.15) is 43.0 Å². The second-order valence-electron chi connectivity index (χ2n) is 7.32. The third-order valence-corrected chi connectivity index (χ3v) is 5.03. The van der Waals surface area contributed by atoms with E-state index in [4.69, 9.17) is 4.74 Å². The van der Waals surface area contributed by atoms with Crippen LogP contribution in [-0.4, -0.2) is 28.7 Å². The molecule has 2 N–H and O–H groups in total. The second-order valence-corrected chi connectivity index (χ2v) is 7.32. The van der Waals surface area contributed by atoms with Crippen molar-refractivity contribution in [2.24, 2.45) is 0 Å². The van der Waals surface area contributed by atoms with Gasteiger partial charge in [0, 0.05) is 13.0 Å². The number of aromatic nitrogens is 2. The van der Waals surface area contributed by atoms with Gasteiger partial charge in [-0.15, -0.1) is 0 Å². The van der Waals surface area contributed by atoms with Gasteiger partial charge in [-0.1, -0.05) is 43.3 Å². The number of benzene rings is 2. The number of anilines is 1. The zero-order valence-corrected chi connectivity index (χ0v) is 18.1. The Kier molecular flexibility index (Phi) is 7.43. The highest BCUT2D eigenvalue weighted by atomic mass is 16.5. The van der Waals surface area contributed by atoms with Crippen molar-refractivity contribution in [2.45, 2.75) is 39.3 Å². The first-order valence-corrected chi connectivity index (χ1v) is 10.3. The molecule has 0 aliphatic rings. The van der Waals surface area contributed by atoms with Crippen molar-refractivity contribution in [1.82, 2.24) is 15.1 Å². The Balaban J connectivity index is 1.68. The zero-order valence-electron chi connectivity index (χ0n) is 18.1. The van der Waals surface area contributed by atoms with Crippen LogP contribution >= 0.6 is 0 Å². The van der Waals surface area contributed by atoms with Gasteiger partial charge in [0.2, 0.25) is 11.8 Å². The van der Waals surface area contributed by atoms with Crippen LogP contribution in [0.3, 0.4) is 0 Å².